The minimum absolute atomic E-state index is 0.0375. The highest BCUT2D eigenvalue weighted by Gasteiger charge is 2.32. The number of aromatic carboxylic acids is 1. The number of carboxylic acid groups (broad SMARTS) is 1. The van der Waals surface area contributed by atoms with Crippen molar-refractivity contribution in [3.8, 4) is 0 Å². The van der Waals surface area contributed by atoms with Crippen molar-refractivity contribution >= 4 is 37.2 Å². The van der Waals surface area contributed by atoms with Crippen molar-refractivity contribution in [2.24, 2.45) is 0 Å². The van der Waals surface area contributed by atoms with Gasteiger partial charge in [-0.15, -0.1) is 11.3 Å². The Morgan fingerprint density at radius 3 is 2.48 bits per heavy atom. The number of benzene rings is 1. The Labute approximate surface area is 126 Å². The Hall–Kier alpha value is -1.47. The summed E-state index contributed by atoms with van der Waals surface area (Å²) >= 11 is 0.893. The average Bonchev–Trinajstić information content (AvgIpc) is 2.67. The van der Waals surface area contributed by atoms with Crippen LogP contribution in [0.2, 0.25) is 0 Å². The van der Waals surface area contributed by atoms with Crippen LogP contribution in [0.3, 0.4) is 0 Å². The molecule has 0 saturated carbocycles. The number of fused-ring (bicyclic) bond motifs is 1. The second kappa shape index (κ2) is 5.06. The van der Waals surface area contributed by atoms with Gasteiger partial charge >= 0.3 is 5.97 Å². The van der Waals surface area contributed by atoms with Gasteiger partial charge in [-0.2, -0.15) is 0 Å². The average molecular weight is 330 g/mol. The highest BCUT2D eigenvalue weighted by atomic mass is 32.2. The molecule has 0 aliphatic carbocycles. The molecule has 0 spiro atoms. The van der Waals surface area contributed by atoms with Crippen LogP contribution in [0.15, 0.2) is 18.2 Å². The summed E-state index contributed by atoms with van der Waals surface area (Å²) in [5.41, 5.74) is 0.0375. The van der Waals surface area contributed by atoms with E-state index in [1.165, 1.54) is 32.9 Å². The molecule has 1 aromatic carbocycles. The van der Waals surface area contributed by atoms with Crippen molar-refractivity contribution in [2.45, 2.75) is 31.3 Å². The SMILES string of the molecule is CC(C)(C)S(=O)(=O)Cc1c(C(=O)O)sc2cccc(F)c12. The molecular formula is C14H15FO4S2. The maximum Gasteiger partial charge on any atom is 0.346 e. The molecule has 4 nitrogen and oxygen atoms in total. The number of carboxylic acids is 1. The van der Waals surface area contributed by atoms with E-state index in [2.05, 4.69) is 0 Å². The molecule has 0 atom stereocenters. The van der Waals surface area contributed by atoms with Crippen molar-refractivity contribution < 1.29 is 22.7 Å². The van der Waals surface area contributed by atoms with E-state index in [9.17, 15) is 22.7 Å². The third kappa shape index (κ3) is 2.80. The molecule has 114 valence electrons. The summed E-state index contributed by atoms with van der Waals surface area (Å²) in [6, 6.07) is 4.26. The first-order valence-corrected chi connectivity index (χ1v) is 8.67. The summed E-state index contributed by atoms with van der Waals surface area (Å²) in [5.74, 6) is -2.33. The lowest BCUT2D eigenvalue weighted by Crippen LogP contribution is -2.29. The van der Waals surface area contributed by atoms with Crippen molar-refractivity contribution in [3.63, 3.8) is 0 Å². The minimum atomic E-state index is -3.61. The summed E-state index contributed by atoms with van der Waals surface area (Å²) < 4.78 is 38.1. The van der Waals surface area contributed by atoms with E-state index in [0.717, 1.165) is 11.3 Å². The number of sulfone groups is 1. The van der Waals surface area contributed by atoms with Gasteiger partial charge in [0.15, 0.2) is 9.84 Å². The predicted molar refractivity (Wildman–Crippen MR) is 81.1 cm³/mol. The summed E-state index contributed by atoms with van der Waals surface area (Å²) in [6.45, 7) is 4.61. The molecule has 1 aromatic heterocycles. The molecule has 0 amide bonds. The van der Waals surface area contributed by atoms with E-state index in [1.54, 1.807) is 6.07 Å². The van der Waals surface area contributed by atoms with Crippen LogP contribution in [0.4, 0.5) is 4.39 Å². The third-order valence-electron chi connectivity index (χ3n) is 3.22. The fraction of sp³-hybridized carbons (Fsp3) is 0.357. The van der Waals surface area contributed by atoms with E-state index in [0.29, 0.717) is 4.70 Å². The number of thiophene rings is 1. The van der Waals surface area contributed by atoms with Gasteiger partial charge in [-0.25, -0.2) is 17.6 Å². The quantitative estimate of drug-likeness (QED) is 0.935. The molecule has 0 radical (unpaired) electrons. The van der Waals surface area contributed by atoms with Crippen LogP contribution < -0.4 is 0 Å². The molecule has 0 fully saturated rings. The second-order valence-electron chi connectivity index (χ2n) is 5.70. The highest BCUT2D eigenvalue weighted by molar-refractivity contribution is 7.92. The maximum absolute atomic E-state index is 14.0. The van der Waals surface area contributed by atoms with Gasteiger partial charge in [0.2, 0.25) is 0 Å². The van der Waals surface area contributed by atoms with Gasteiger partial charge in [-0.1, -0.05) is 6.07 Å². The highest BCUT2D eigenvalue weighted by Crippen LogP contribution is 2.36. The molecule has 7 heteroatoms. The van der Waals surface area contributed by atoms with E-state index < -0.39 is 32.1 Å². The molecule has 0 saturated heterocycles. The minimum Gasteiger partial charge on any atom is -0.477 e. The molecule has 2 aromatic rings. The Kier molecular flexibility index (Phi) is 3.84. The van der Waals surface area contributed by atoms with Gasteiger partial charge in [0.25, 0.3) is 0 Å². The Morgan fingerprint density at radius 1 is 1.33 bits per heavy atom. The normalized spacial score (nSPS) is 12.8. The van der Waals surface area contributed by atoms with Gasteiger partial charge in [-0.3, -0.25) is 0 Å². The zero-order chi connectivity index (χ0) is 16.0. The second-order valence-corrected chi connectivity index (χ2v) is 9.49. The molecule has 1 N–H and O–H groups in total. The topological polar surface area (TPSA) is 71.4 Å². The monoisotopic (exact) mass is 330 g/mol. The number of hydrogen-bond donors (Lipinski definition) is 1. The lowest BCUT2D eigenvalue weighted by Gasteiger charge is -2.19. The summed E-state index contributed by atoms with van der Waals surface area (Å²) in [6.07, 6.45) is 0. The molecule has 0 aliphatic rings. The van der Waals surface area contributed by atoms with Crippen molar-refractivity contribution in [3.05, 3.63) is 34.5 Å². The molecule has 0 unspecified atom stereocenters. The van der Waals surface area contributed by atoms with Gasteiger partial charge in [-0.05, 0) is 32.9 Å². The smallest absolute Gasteiger partial charge is 0.346 e. The third-order valence-corrected chi connectivity index (χ3v) is 6.94. The van der Waals surface area contributed by atoms with Crippen LogP contribution in [0, 0.1) is 5.82 Å². The summed E-state index contributed by atoms with van der Waals surface area (Å²) in [7, 11) is -3.61. The number of rotatable bonds is 3. The Bertz CT molecular complexity index is 813. The van der Waals surface area contributed by atoms with Crippen LogP contribution in [0.5, 0.6) is 0 Å². The van der Waals surface area contributed by atoms with E-state index >= 15 is 0 Å². The predicted octanol–water partition coefficient (Wildman–Crippen LogP) is 3.45. The van der Waals surface area contributed by atoms with Crippen LogP contribution in [-0.4, -0.2) is 24.2 Å². The lowest BCUT2D eigenvalue weighted by molar-refractivity contribution is 0.0701. The zero-order valence-corrected chi connectivity index (χ0v) is 13.4. The number of hydrogen-bond acceptors (Lipinski definition) is 4. The van der Waals surface area contributed by atoms with Gasteiger partial charge < -0.3 is 5.11 Å². The fourth-order valence-electron chi connectivity index (χ4n) is 1.88. The Morgan fingerprint density at radius 2 is 1.95 bits per heavy atom. The largest absolute Gasteiger partial charge is 0.477 e. The van der Waals surface area contributed by atoms with E-state index in [4.69, 9.17) is 0 Å². The van der Waals surface area contributed by atoms with Crippen LogP contribution in [0.25, 0.3) is 10.1 Å². The van der Waals surface area contributed by atoms with Crippen LogP contribution >= 0.6 is 11.3 Å². The molecule has 1 heterocycles. The van der Waals surface area contributed by atoms with E-state index in [-0.39, 0.29) is 15.8 Å². The van der Waals surface area contributed by atoms with Crippen molar-refractivity contribution in [1.82, 2.24) is 0 Å². The first kappa shape index (κ1) is 15.9. The summed E-state index contributed by atoms with van der Waals surface area (Å²) in [5, 5.41) is 9.34. The van der Waals surface area contributed by atoms with Gasteiger partial charge in [0, 0.05) is 15.6 Å². The zero-order valence-electron chi connectivity index (χ0n) is 11.8. The molecule has 0 bridgehead atoms. The Balaban J connectivity index is 2.73. The maximum atomic E-state index is 14.0. The van der Waals surface area contributed by atoms with Crippen LogP contribution in [-0.2, 0) is 15.6 Å². The van der Waals surface area contributed by atoms with Gasteiger partial charge in [0.1, 0.15) is 10.7 Å². The first-order chi connectivity index (χ1) is 9.54. The standard InChI is InChI=1S/C14H15FO4S2/c1-14(2,3)21(18,19)7-8-11-9(15)5-4-6-10(11)20-12(8)13(16)17/h4-6H,7H2,1-3H3,(H,16,17). The van der Waals surface area contributed by atoms with Crippen molar-refractivity contribution in [2.75, 3.05) is 0 Å². The number of carbonyl (C=O) groups is 1. The molecule has 2 rings (SSSR count). The van der Waals surface area contributed by atoms with Crippen molar-refractivity contribution in [1.29, 1.82) is 0 Å². The molecule has 21 heavy (non-hydrogen) atoms. The number of halogens is 1. The van der Waals surface area contributed by atoms with E-state index in [1.807, 2.05) is 0 Å². The first-order valence-electron chi connectivity index (χ1n) is 6.20. The lowest BCUT2D eigenvalue weighted by atomic mass is 10.1. The fourth-order valence-corrected chi connectivity index (χ4v) is 4.15. The molecule has 0 aliphatic heterocycles. The van der Waals surface area contributed by atoms with Crippen LogP contribution in [0.1, 0.15) is 36.0 Å². The summed E-state index contributed by atoms with van der Waals surface area (Å²) in [4.78, 5) is 11.2. The molecular weight excluding hydrogens is 315 g/mol. The van der Waals surface area contributed by atoms with Gasteiger partial charge in [0.05, 0.1) is 10.5 Å².